The third-order valence-electron chi connectivity index (χ3n) is 0.830. The first-order valence-corrected chi connectivity index (χ1v) is 3.32. The van der Waals surface area contributed by atoms with E-state index in [2.05, 4.69) is 4.98 Å². The van der Waals surface area contributed by atoms with E-state index in [1.807, 2.05) is 22.6 Å². The van der Waals surface area contributed by atoms with Crippen LogP contribution in [0.4, 0.5) is 4.39 Å². The van der Waals surface area contributed by atoms with Crippen LogP contribution in [0.5, 0.6) is 0 Å². The van der Waals surface area contributed by atoms with Gasteiger partial charge in [0.05, 0.1) is 3.70 Å². The van der Waals surface area contributed by atoms with Gasteiger partial charge in [-0.2, -0.15) is 0 Å². The fraction of sp³-hybridized carbons (Fsp3) is 0. The highest BCUT2D eigenvalue weighted by Crippen LogP contribution is 1.94. The highest BCUT2D eigenvalue weighted by molar-refractivity contribution is 14.1. The maximum Gasteiger partial charge on any atom is 0.218 e. The molecule has 0 radical (unpaired) electrons. The molecule has 0 saturated carbocycles. The highest BCUT2D eigenvalue weighted by atomic mass is 127. The Hall–Kier alpha value is -0.390. The molecule has 0 amide bonds. The van der Waals surface area contributed by atoms with Crippen LogP contribution in [0.1, 0.15) is 0 Å². The van der Waals surface area contributed by atoms with E-state index >= 15 is 0 Å². The van der Waals surface area contributed by atoms with E-state index in [1.165, 1.54) is 6.07 Å². The van der Waals surface area contributed by atoms with Crippen molar-refractivity contribution < 1.29 is 4.39 Å². The van der Waals surface area contributed by atoms with Gasteiger partial charge in [0, 0.05) is 12.3 Å². The van der Waals surface area contributed by atoms with Gasteiger partial charge >= 0.3 is 0 Å². The summed E-state index contributed by atoms with van der Waals surface area (Å²) in [5.74, 6) is -0.740. The van der Waals surface area contributed by atoms with E-state index in [-0.39, 0.29) is 0 Å². The van der Waals surface area contributed by atoms with Crippen LogP contribution in [0, 0.1) is 9.52 Å². The minimum absolute atomic E-state index is 0.571. The second-order valence-electron chi connectivity index (χ2n) is 1.49. The Morgan fingerprint density at radius 2 is 2.33 bits per heavy atom. The number of hydrogen-bond acceptors (Lipinski definition) is 1. The summed E-state index contributed by atoms with van der Waals surface area (Å²) in [5.41, 5.74) is -0.571. The molecule has 0 fully saturated rings. The fourth-order valence-electron chi connectivity index (χ4n) is 0.429. The molecular weight excluding hydrogens is 236 g/mol. The summed E-state index contributed by atoms with van der Waals surface area (Å²) >= 11 is 1.90. The van der Waals surface area contributed by atoms with E-state index in [1.54, 1.807) is 0 Å². The third-order valence-corrected chi connectivity index (χ3v) is 1.45. The zero-order valence-corrected chi connectivity index (χ0v) is 6.48. The maximum absolute atomic E-state index is 12.2. The Labute approximate surface area is 64.2 Å². The van der Waals surface area contributed by atoms with E-state index in [9.17, 15) is 9.18 Å². The van der Waals surface area contributed by atoms with Crippen LogP contribution in [0.2, 0.25) is 0 Å². The Morgan fingerprint density at radius 1 is 1.67 bits per heavy atom. The summed E-state index contributed by atoms with van der Waals surface area (Å²) in [6.07, 6.45) is 1.05. The monoisotopic (exact) mass is 239 g/mol. The first-order valence-electron chi connectivity index (χ1n) is 2.24. The molecule has 1 aromatic heterocycles. The lowest BCUT2D eigenvalue weighted by atomic mass is 10.5. The van der Waals surface area contributed by atoms with E-state index in [0.29, 0.717) is 3.70 Å². The summed E-state index contributed by atoms with van der Waals surface area (Å²) < 4.78 is 12.8. The molecule has 1 aromatic rings. The number of pyridine rings is 1. The van der Waals surface area contributed by atoms with E-state index < -0.39 is 11.2 Å². The summed E-state index contributed by atoms with van der Waals surface area (Å²) in [6, 6.07) is 1.20. The maximum atomic E-state index is 12.2. The lowest BCUT2D eigenvalue weighted by molar-refractivity contribution is 0.610. The number of rotatable bonds is 0. The standard InChI is InChI=1S/C5H3FINO/c6-3-2-8-5(7)1-4(3)9/h1-2H,(H,8,9). The first kappa shape index (κ1) is 6.73. The van der Waals surface area contributed by atoms with Gasteiger partial charge in [-0.25, -0.2) is 4.39 Å². The van der Waals surface area contributed by atoms with Gasteiger partial charge in [-0.15, -0.1) is 0 Å². The minimum atomic E-state index is -0.740. The lowest BCUT2D eigenvalue weighted by Crippen LogP contribution is -2.05. The topological polar surface area (TPSA) is 32.9 Å². The molecule has 0 atom stereocenters. The van der Waals surface area contributed by atoms with Crippen molar-refractivity contribution in [2.75, 3.05) is 0 Å². The summed E-state index contributed by atoms with van der Waals surface area (Å²) in [4.78, 5) is 13.0. The van der Waals surface area contributed by atoms with Gasteiger partial charge in [0.1, 0.15) is 0 Å². The van der Waals surface area contributed by atoms with E-state index in [0.717, 1.165) is 6.20 Å². The second kappa shape index (κ2) is 2.47. The van der Waals surface area contributed by atoms with Crippen molar-refractivity contribution in [2.24, 2.45) is 0 Å². The molecule has 1 rings (SSSR count). The van der Waals surface area contributed by atoms with Crippen LogP contribution >= 0.6 is 22.6 Å². The number of nitrogens with one attached hydrogen (secondary N) is 1. The molecule has 0 bridgehead atoms. The van der Waals surface area contributed by atoms with Crippen LogP contribution in [-0.2, 0) is 0 Å². The molecule has 1 heterocycles. The predicted molar refractivity (Wildman–Crippen MR) is 39.7 cm³/mol. The number of aromatic nitrogens is 1. The normalized spacial score (nSPS) is 9.56. The van der Waals surface area contributed by atoms with Crippen LogP contribution in [0.15, 0.2) is 17.1 Å². The molecule has 0 saturated heterocycles. The molecule has 0 spiro atoms. The van der Waals surface area contributed by atoms with Crippen LogP contribution in [-0.4, -0.2) is 4.98 Å². The Morgan fingerprint density at radius 3 is 2.78 bits per heavy atom. The van der Waals surface area contributed by atoms with Crippen LogP contribution < -0.4 is 5.43 Å². The summed E-state index contributed by atoms with van der Waals surface area (Å²) in [5, 5.41) is 0. The van der Waals surface area contributed by atoms with Crippen molar-refractivity contribution in [2.45, 2.75) is 0 Å². The van der Waals surface area contributed by atoms with Gasteiger partial charge < -0.3 is 4.98 Å². The highest BCUT2D eigenvalue weighted by Gasteiger charge is 1.94. The third kappa shape index (κ3) is 1.51. The van der Waals surface area contributed by atoms with Crippen LogP contribution in [0.3, 0.4) is 0 Å². The molecule has 0 aromatic carbocycles. The molecule has 48 valence electrons. The fourth-order valence-corrected chi connectivity index (χ4v) is 0.868. The van der Waals surface area contributed by atoms with Gasteiger partial charge in [-0.05, 0) is 22.6 Å². The van der Waals surface area contributed by atoms with Crippen molar-refractivity contribution in [3.63, 3.8) is 0 Å². The van der Waals surface area contributed by atoms with Crippen molar-refractivity contribution in [3.8, 4) is 0 Å². The van der Waals surface area contributed by atoms with Gasteiger partial charge in [-0.1, -0.05) is 0 Å². The Bertz CT molecular complexity index is 270. The van der Waals surface area contributed by atoms with Crippen molar-refractivity contribution in [1.29, 1.82) is 0 Å². The van der Waals surface area contributed by atoms with Gasteiger partial charge in [-0.3, -0.25) is 4.79 Å². The van der Waals surface area contributed by atoms with Crippen molar-refractivity contribution in [3.05, 3.63) is 32.0 Å². The van der Waals surface area contributed by atoms with Crippen molar-refractivity contribution in [1.82, 2.24) is 4.98 Å². The number of hydrogen-bond donors (Lipinski definition) is 1. The summed E-state index contributed by atoms with van der Waals surface area (Å²) in [7, 11) is 0. The minimum Gasteiger partial charge on any atom is -0.354 e. The number of H-pyrrole nitrogens is 1. The van der Waals surface area contributed by atoms with Gasteiger partial charge in [0.15, 0.2) is 5.82 Å². The molecule has 0 aliphatic rings. The SMILES string of the molecule is O=c1cc(I)[nH]cc1F. The quantitative estimate of drug-likeness (QED) is 0.534. The molecule has 0 unspecified atom stereocenters. The van der Waals surface area contributed by atoms with Gasteiger partial charge in [0.2, 0.25) is 5.43 Å². The second-order valence-corrected chi connectivity index (χ2v) is 2.66. The molecule has 2 nitrogen and oxygen atoms in total. The molecule has 9 heavy (non-hydrogen) atoms. The van der Waals surface area contributed by atoms with E-state index in [4.69, 9.17) is 0 Å². The number of halogens is 2. The van der Waals surface area contributed by atoms with Crippen molar-refractivity contribution >= 4 is 22.6 Å². The van der Waals surface area contributed by atoms with Gasteiger partial charge in [0.25, 0.3) is 0 Å². The number of aromatic amines is 1. The molecule has 1 N–H and O–H groups in total. The zero-order valence-electron chi connectivity index (χ0n) is 4.32. The zero-order chi connectivity index (χ0) is 6.85. The Balaban J connectivity index is 3.34. The molecule has 0 aliphatic heterocycles. The van der Waals surface area contributed by atoms with Crippen LogP contribution in [0.25, 0.3) is 0 Å². The summed E-state index contributed by atoms with van der Waals surface area (Å²) in [6.45, 7) is 0. The molecule has 4 heteroatoms. The molecular formula is C5H3FINO. The smallest absolute Gasteiger partial charge is 0.218 e. The lowest BCUT2D eigenvalue weighted by Gasteiger charge is -1.86. The molecule has 0 aliphatic carbocycles. The predicted octanol–water partition coefficient (Wildman–Crippen LogP) is 1.12. The average Bonchev–Trinajstić information content (AvgIpc) is 1.80. The Kier molecular flexibility index (Phi) is 1.84. The first-order chi connectivity index (χ1) is 4.20. The largest absolute Gasteiger partial charge is 0.354 e. The average molecular weight is 239 g/mol.